The van der Waals surface area contributed by atoms with Gasteiger partial charge in [-0.1, -0.05) is 0 Å². The van der Waals surface area contributed by atoms with Gasteiger partial charge in [0.25, 0.3) is 0 Å². The maximum Gasteiger partial charge on any atom is 0.114 e. The fraction of sp³-hybridized carbons (Fsp3) is 0.786. The maximum atomic E-state index is 5.88. The number of ether oxygens (including phenoxy) is 2. The minimum absolute atomic E-state index is 0.138. The quantitative estimate of drug-likeness (QED) is 0.874. The van der Waals surface area contributed by atoms with Crippen LogP contribution >= 0.6 is 0 Å². The summed E-state index contributed by atoms with van der Waals surface area (Å²) in [6, 6.07) is 3.04. The number of hydrogen-bond acceptors (Lipinski definition) is 4. The van der Waals surface area contributed by atoms with Crippen molar-refractivity contribution >= 4 is 0 Å². The average Bonchev–Trinajstić information content (AvgIpc) is 2.95. The van der Waals surface area contributed by atoms with Crippen LogP contribution in [0.5, 0.6) is 0 Å². The van der Waals surface area contributed by atoms with Crippen LogP contribution < -0.4 is 5.32 Å². The van der Waals surface area contributed by atoms with Gasteiger partial charge >= 0.3 is 0 Å². The summed E-state index contributed by atoms with van der Waals surface area (Å²) in [5.74, 6) is 0. The molecule has 0 radical (unpaired) electrons. The van der Waals surface area contributed by atoms with Gasteiger partial charge in [0.1, 0.15) is 6.10 Å². The zero-order chi connectivity index (χ0) is 13.2. The molecule has 2 fully saturated rings. The van der Waals surface area contributed by atoms with Gasteiger partial charge in [0.15, 0.2) is 0 Å². The molecule has 0 bridgehead atoms. The molecular formula is C14H23N3O2. The summed E-state index contributed by atoms with van der Waals surface area (Å²) in [7, 11) is 1.97. The fourth-order valence-electron chi connectivity index (χ4n) is 3.09. The first kappa shape index (κ1) is 13.1. The van der Waals surface area contributed by atoms with Crippen LogP contribution in [0.2, 0.25) is 0 Å². The van der Waals surface area contributed by atoms with Crippen molar-refractivity contribution in [2.45, 2.75) is 50.5 Å². The van der Waals surface area contributed by atoms with Crippen molar-refractivity contribution in [3.8, 4) is 0 Å². The third kappa shape index (κ3) is 2.68. The van der Waals surface area contributed by atoms with Crippen molar-refractivity contribution in [3.63, 3.8) is 0 Å². The highest BCUT2D eigenvalue weighted by molar-refractivity contribution is 5.10. The lowest BCUT2D eigenvalue weighted by Gasteiger charge is -2.38. The van der Waals surface area contributed by atoms with Crippen LogP contribution in [0.25, 0.3) is 0 Å². The Bertz CT molecular complexity index is 415. The van der Waals surface area contributed by atoms with E-state index in [1.807, 2.05) is 17.9 Å². The van der Waals surface area contributed by atoms with E-state index in [0.29, 0.717) is 18.2 Å². The second-order valence-corrected chi connectivity index (χ2v) is 5.48. The first-order valence-corrected chi connectivity index (χ1v) is 7.25. The molecule has 1 aliphatic heterocycles. The molecule has 19 heavy (non-hydrogen) atoms. The molecule has 2 aliphatic rings. The van der Waals surface area contributed by atoms with Gasteiger partial charge in [0.2, 0.25) is 0 Å². The second-order valence-electron chi connectivity index (χ2n) is 5.48. The van der Waals surface area contributed by atoms with E-state index in [9.17, 15) is 0 Å². The standard InChI is InChI=1S/C14H23N3O2/c1-3-18-11-8-10(9-11)16-12-5-7-19-14(12)13-4-6-15-17(13)2/h4,6,10-12,14,16H,3,5,7-9H2,1-2H3/t10?,11?,12-,14-/m0/s1. The Morgan fingerprint density at radius 3 is 3.05 bits per heavy atom. The molecule has 1 aromatic rings. The average molecular weight is 265 g/mol. The summed E-state index contributed by atoms with van der Waals surface area (Å²) in [6.07, 6.45) is 5.76. The third-order valence-corrected chi connectivity index (χ3v) is 4.19. The predicted molar refractivity (Wildman–Crippen MR) is 71.9 cm³/mol. The minimum Gasteiger partial charge on any atom is -0.378 e. The van der Waals surface area contributed by atoms with E-state index in [1.54, 1.807) is 0 Å². The summed E-state index contributed by atoms with van der Waals surface area (Å²) in [5, 5.41) is 7.96. The Balaban J connectivity index is 1.55. The smallest absolute Gasteiger partial charge is 0.114 e. The number of nitrogens with zero attached hydrogens (tertiary/aromatic N) is 2. The van der Waals surface area contributed by atoms with Gasteiger partial charge < -0.3 is 14.8 Å². The molecule has 5 heteroatoms. The van der Waals surface area contributed by atoms with Gasteiger partial charge in [-0.3, -0.25) is 4.68 Å². The molecule has 1 saturated heterocycles. The van der Waals surface area contributed by atoms with Crippen molar-refractivity contribution in [1.29, 1.82) is 0 Å². The zero-order valence-corrected chi connectivity index (χ0v) is 11.7. The Kier molecular flexibility index (Phi) is 3.86. The molecule has 0 unspecified atom stereocenters. The van der Waals surface area contributed by atoms with Crippen molar-refractivity contribution in [1.82, 2.24) is 15.1 Å². The number of nitrogens with one attached hydrogen (secondary N) is 1. The predicted octanol–water partition coefficient (Wildman–Crippen LogP) is 1.41. The van der Waals surface area contributed by atoms with E-state index in [2.05, 4.69) is 23.4 Å². The first-order valence-electron chi connectivity index (χ1n) is 7.25. The van der Waals surface area contributed by atoms with Crippen LogP contribution in [0.4, 0.5) is 0 Å². The maximum absolute atomic E-state index is 5.88. The Morgan fingerprint density at radius 2 is 2.37 bits per heavy atom. The molecule has 0 amide bonds. The summed E-state index contributed by atoms with van der Waals surface area (Å²) in [5.41, 5.74) is 1.16. The number of hydrogen-bond donors (Lipinski definition) is 1. The highest BCUT2D eigenvalue weighted by atomic mass is 16.5. The third-order valence-electron chi connectivity index (χ3n) is 4.19. The SMILES string of the molecule is CCOC1CC(N[C@H]2CCO[C@@H]2c2ccnn2C)C1. The lowest BCUT2D eigenvalue weighted by atomic mass is 9.88. The van der Waals surface area contributed by atoms with E-state index in [4.69, 9.17) is 9.47 Å². The van der Waals surface area contributed by atoms with E-state index >= 15 is 0 Å². The fourth-order valence-corrected chi connectivity index (χ4v) is 3.09. The lowest BCUT2D eigenvalue weighted by molar-refractivity contribution is -0.0157. The van der Waals surface area contributed by atoms with Crippen LogP contribution in [0.15, 0.2) is 12.3 Å². The van der Waals surface area contributed by atoms with E-state index in [1.165, 1.54) is 0 Å². The van der Waals surface area contributed by atoms with Crippen LogP contribution in [0.3, 0.4) is 0 Å². The van der Waals surface area contributed by atoms with Crippen molar-refractivity contribution in [2.24, 2.45) is 7.05 Å². The van der Waals surface area contributed by atoms with Crippen LogP contribution in [0, 0.1) is 0 Å². The molecule has 1 N–H and O–H groups in total. The molecule has 5 nitrogen and oxygen atoms in total. The molecule has 0 spiro atoms. The second kappa shape index (κ2) is 5.61. The van der Waals surface area contributed by atoms with E-state index in [0.717, 1.165) is 38.2 Å². The van der Waals surface area contributed by atoms with Gasteiger partial charge in [-0.25, -0.2) is 0 Å². The monoisotopic (exact) mass is 265 g/mol. The largest absolute Gasteiger partial charge is 0.378 e. The molecule has 1 saturated carbocycles. The van der Waals surface area contributed by atoms with Crippen molar-refractivity contribution < 1.29 is 9.47 Å². The topological polar surface area (TPSA) is 48.3 Å². The highest BCUT2D eigenvalue weighted by Crippen LogP contribution is 2.32. The molecule has 2 heterocycles. The normalized spacial score (nSPS) is 34.4. The molecule has 1 aliphatic carbocycles. The van der Waals surface area contributed by atoms with Gasteiger partial charge in [-0.15, -0.1) is 0 Å². The number of rotatable bonds is 5. The van der Waals surface area contributed by atoms with Crippen LogP contribution in [0.1, 0.15) is 38.0 Å². The minimum atomic E-state index is 0.138. The van der Waals surface area contributed by atoms with E-state index in [-0.39, 0.29) is 6.10 Å². The highest BCUT2D eigenvalue weighted by Gasteiger charge is 2.37. The molecular weight excluding hydrogens is 242 g/mol. The summed E-state index contributed by atoms with van der Waals surface area (Å²) in [6.45, 7) is 3.71. The molecule has 1 aromatic heterocycles. The molecule has 2 atom stereocenters. The Hall–Kier alpha value is -0.910. The van der Waals surface area contributed by atoms with Crippen molar-refractivity contribution in [2.75, 3.05) is 13.2 Å². The first-order chi connectivity index (χ1) is 9.28. The van der Waals surface area contributed by atoms with Gasteiger partial charge in [0.05, 0.1) is 11.8 Å². The number of aromatic nitrogens is 2. The summed E-state index contributed by atoms with van der Waals surface area (Å²) in [4.78, 5) is 0. The van der Waals surface area contributed by atoms with Crippen LogP contribution in [-0.2, 0) is 16.5 Å². The van der Waals surface area contributed by atoms with Gasteiger partial charge in [0, 0.05) is 38.5 Å². The molecule has 0 aromatic carbocycles. The number of aryl methyl sites for hydroxylation is 1. The molecule has 3 rings (SSSR count). The van der Waals surface area contributed by atoms with Crippen molar-refractivity contribution in [3.05, 3.63) is 18.0 Å². The zero-order valence-electron chi connectivity index (χ0n) is 11.7. The van der Waals surface area contributed by atoms with Gasteiger partial charge in [-0.2, -0.15) is 5.10 Å². The lowest BCUT2D eigenvalue weighted by Crippen LogP contribution is -2.50. The van der Waals surface area contributed by atoms with E-state index < -0.39 is 0 Å². The Labute approximate surface area is 114 Å². The Morgan fingerprint density at radius 1 is 1.53 bits per heavy atom. The van der Waals surface area contributed by atoms with Crippen LogP contribution in [-0.4, -0.2) is 41.2 Å². The summed E-state index contributed by atoms with van der Waals surface area (Å²) >= 11 is 0. The van der Waals surface area contributed by atoms with Gasteiger partial charge in [-0.05, 0) is 32.3 Å². The molecule has 106 valence electrons. The summed E-state index contributed by atoms with van der Waals surface area (Å²) < 4.78 is 13.4.